The first kappa shape index (κ1) is 24.3. The first-order chi connectivity index (χ1) is 16.9. The van der Waals surface area contributed by atoms with Gasteiger partial charge in [-0.25, -0.2) is 0 Å². The molecule has 4 rings (SSSR count). The number of nitrogens with one attached hydrogen (secondary N) is 1. The first-order valence-corrected chi connectivity index (χ1v) is 11.6. The van der Waals surface area contributed by atoms with E-state index in [1.54, 1.807) is 37.3 Å². The first-order valence-electron chi connectivity index (χ1n) is 11.6. The van der Waals surface area contributed by atoms with Gasteiger partial charge in [-0.3, -0.25) is 9.59 Å². The molecule has 35 heavy (non-hydrogen) atoms. The van der Waals surface area contributed by atoms with Gasteiger partial charge in [-0.2, -0.15) is 4.98 Å². The molecule has 1 saturated heterocycles. The lowest BCUT2D eigenvalue weighted by Crippen LogP contribution is -2.43. The van der Waals surface area contributed by atoms with Crippen LogP contribution < -0.4 is 14.8 Å². The molecule has 0 unspecified atom stereocenters. The van der Waals surface area contributed by atoms with Crippen molar-refractivity contribution < 1.29 is 23.6 Å². The third-order valence-corrected chi connectivity index (χ3v) is 6.45. The van der Waals surface area contributed by atoms with E-state index in [1.165, 1.54) is 0 Å². The molecule has 184 valence electrons. The maximum Gasteiger partial charge on any atom is 0.251 e. The van der Waals surface area contributed by atoms with Gasteiger partial charge in [0.2, 0.25) is 17.6 Å². The van der Waals surface area contributed by atoms with Gasteiger partial charge in [0.1, 0.15) is 0 Å². The molecule has 0 spiro atoms. The quantitative estimate of drug-likeness (QED) is 0.554. The van der Waals surface area contributed by atoms with Crippen LogP contribution >= 0.6 is 0 Å². The van der Waals surface area contributed by atoms with Gasteiger partial charge in [0.25, 0.3) is 5.91 Å². The predicted molar refractivity (Wildman–Crippen MR) is 130 cm³/mol. The Morgan fingerprint density at radius 3 is 2.46 bits per heavy atom. The summed E-state index contributed by atoms with van der Waals surface area (Å²) in [6, 6.07) is 11.0. The summed E-state index contributed by atoms with van der Waals surface area (Å²) >= 11 is 0. The number of hydrogen-bond donors (Lipinski definition) is 1. The fourth-order valence-corrected chi connectivity index (χ4v) is 4.12. The van der Waals surface area contributed by atoms with Crippen molar-refractivity contribution >= 4 is 11.8 Å². The topological polar surface area (TPSA) is 107 Å². The van der Waals surface area contributed by atoms with Crippen LogP contribution in [-0.2, 0) is 4.79 Å². The Hall–Kier alpha value is -3.88. The molecule has 2 aromatic carbocycles. The minimum Gasteiger partial charge on any atom is -0.493 e. The van der Waals surface area contributed by atoms with Gasteiger partial charge in [0, 0.05) is 30.1 Å². The molecule has 9 nitrogen and oxygen atoms in total. The van der Waals surface area contributed by atoms with E-state index in [2.05, 4.69) is 15.5 Å². The minimum atomic E-state index is -0.245. The maximum atomic E-state index is 12.6. The zero-order valence-electron chi connectivity index (χ0n) is 20.5. The van der Waals surface area contributed by atoms with E-state index in [9.17, 15) is 9.59 Å². The summed E-state index contributed by atoms with van der Waals surface area (Å²) in [4.78, 5) is 31.4. The molecule has 9 heteroatoms. The van der Waals surface area contributed by atoms with E-state index in [1.807, 2.05) is 32.0 Å². The van der Waals surface area contributed by atoms with Crippen LogP contribution in [0.15, 0.2) is 40.9 Å². The average Bonchev–Trinajstić information content (AvgIpc) is 3.38. The highest BCUT2D eigenvalue weighted by Gasteiger charge is 2.28. The second kappa shape index (κ2) is 10.6. The molecule has 0 radical (unpaired) electrons. The van der Waals surface area contributed by atoms with Crippen molar-refractivity contribution in [2.45, 2.75) is 32.6 Å². The standard InChI is InChI=1S/C26H30N4O5/c1-16-5-6-20(13-17(16)2)25(32)27-15-23(31)30-11-9-18(10-12-30)26-28-24(29-35-26)19-7-8-21(33-3)22(14-19)34-4/h5-8,13-14,18H,9-12,15H2,1-4H3,(H,27,32). The molecule has 0 saturated carbocycles. The zero-order chi connectivity index (χ0) is 24.9. The second-order valence-electron chi connectivity index (χ2n) is 8.66. The number of aromatic nitrogens is 2. The third kappa shape index (κ3) is 5.45. The highest BCUT2D eigenvalue weighted by atomic mass is 16.5. The highest BCUT2D eigenvalue weighted by Crippen LogP contribution is 2.33. The van der Waals surface area contributed by atoms with Crippen LogP contribution in [0, 0.1) is 13.8 Å². The number of carbonyl (C=O) groups is 2. The molecule has 0 bridgehead atoms. The lowest BCUT2D eigenvalue weighted by molar-refractivity contribution is -0.131. The van der Waals surface area contributed by atoms with Crippen molar-refractivity contribution in [3.63, 3.8) is 0 Å². The van der Waals surface area contributed by atoms with Crippen molar-refractivity contribution in [2.75, 3.05) is 33.9 Å². The summed E-state index contributed by atoms with van der Waals surface area (Å²) < 4.78 is 16.2. The molecule has 1 N–H and O–H groups in total. The Kier molecular flexibility index (Phi) is 7.33. The van der Waals surface area contributed by atoms with Crippen LogP contribution in [0.5, 0.6) is 11.5 Å². The number of rotatable bonds is 7. The van der Waals surface area contributed by atoms with E-state index in [0.717, 1.165) is 16.7 Å². The smallest absolute Gasteiger partial charge is 0.251 e. The SMILES string of the molecule is COc1ccc(-c2noc(C3CCN(C(=O)CNC(=O)c4ccc(C)c(C)c4)CC3)n2)cc1OC. The number of hydrogen-bond acceptors (Lipinski definition) is 7. The Morgan fingerprint density at radius 2 is 1.77 bits per heavy atom. The van der Waals surface area contributed by atoms with Gasteiger partial charge < -0.3 is 24.2 Å². The Bertz CT molecular complexity index is 1210. The van der Waals surface area contributed by atoms with Crippen LogP contribution in [0.25, 0.3) is 11.4 Å². The molecule has 0 atom stereocenters. The minimum absolute atomic E-state index is 0.0273. The summed E-state index contributed by atoms with van der Waals surface area (Å²) in [5.74, 6) is 1.99. The Labute approximate surface area is 204 Å². The van der Waals surface area contributed by atoms with Crippen molar-refractivity contribution in [1.29, 1.82) is 0 Å². The number of carbonyl (C=O) groups excluding carboxylic acids is 2. The molecule has 1 aliphatic heterocycles. The number of amides is 2. The zero-order valence-corrected chi connectivity index (χ0v) is 20.5. The highest BCUT2D eigenvalue weighted by molar-refractivity contribution is 5.96. The molecule has 2 amide bonds. The molecule has 1 fully saturated rings. The largest absolute Gasteiger partial charge is 0.493 e. The second-order valence-corrected chi connectivity index (χ2v) is 8.66. The van der Waals surface area contributed by atoms with Crippen LogP contribution in [0.4, 0.5) is 0 Å². The molecule has 0 aliphatic carbocycles. The lowest BCUT2D eigenvalue weighted by atomic mass is 9.96. The van der Waals surface area contributed by atoms with Gasteiger partial charge in [0.05, 0.1) is 20.8 Å². The fourth-order valence-electron chi connectivity index (χ4n) is 4.12. The number of likely N-dealkylation sites (tertiary alicyclic amines) is 1. The van der Waals surface area contributed by atoms with Gasteiger partial charge in [0.15, 0.2) is 11.5 Å². The van der Waals surface area contributed by atoms with Crippen molar-refractivity contribution in [1.82, 2.24) is 20.4 Å². The Balaban J connectivity index is 1.30. The van der Waals surface area contributed by atoms with Crippen molar-refractivity contribution in [3.8, 4) is 22.9 Å². The van der Waals surface area contributed by atoms with Crippen LogP contribution in [0.3, 0.4) is 0 Å². The van der Waals surface area contributed by atoms with Crippen LogP contribution in [0.2, 0.25) is 0 Å². The number of aryl methyl sites for hydroxylation is 2. The normalized spacial score (nSPS) is 14.0. The molecule has 2 heterocycles. The van der Waals surface area contributed by atoms with Gasteiger partial charge >= 0.3 is 0 Å². The van der Waals surface area contributed by atoms with Crippen molar-refractivity contribution in [2.24, 2.45) is 0 Å². The van der Waals surface area contributed by atoms with Gasteiger partial charge in [-0.15, -0.1) is 0 Å². The fraction of sp³-hybridized carbons (Fsp3) is 0.385. The summed E-state index contributed by atoms with van der Waals surface area (Å²) in [7, 11) is 3.16. The molecular weight excluding hydrogens is 448 g/mol. The van der Waals surface area contributed by atoms with Gasteiger partial charge in [-0.05, 0) is 68.1 Å². The van der Waals surface area contributed by atoms with Crippen LogP contribution in [-0.4, -0.2) is 60.7 Å². The number of ether oxygens (including phenoxy) is 2. The Morgan fingerprint density at radius 1 is 1.03 bits per heavy atom. The summed E-state index contributed by atoms with van der Waals surface area (Å²) in [6.45, 7) is 5.06. The molecule has 3 aromatic rings. The van der Waals surface area contributed by atoms with E-state index >= 15 is 0 Å². The molecular formula is C26H30N4O5. The van der Waals surface area contributed by atoms with E-state index in [-0.39, 0.29) is 24.3 Å². The van der Waals surface area contributed by atoms with Crippen LogP contribution in [0.1, 0.15) is 46.1 Å². The number of benzene rings is 2. The van der Waals surface area contributed by atoms with E-state index < -0.39 is 0 Å². The number of piperidine rings is 1. The number of nitrogens with zero attached hydrogens (tertiary/aromatic N) is 3. The van der Waals surface area contributed by atoms with E-state index in [4.69, 9.17) is 14.0 Å². The summed E-state index contributed by atoms with van der Waals surface area (Å²) in [6.07, 6.45) is 1.43. The summed E-state index contributed by atoms with van der Waals surface area (Å²) in [5.41, 5.74) is 3.49. The summed E-state index contributed by atoms with van der Waals surface area (Å²) in [5, 5.41) is 6.86. The van der Waals surface area contributed by atoms with Gasteiger partial charge in [-0.1, -0.05) is 11.2 Å². The monoisotopic (exact) mass is 478 g/mol. The maximum absolute atomic E-state index is 12.6. The third-order valence-electron chi connectivity index (χ3n) is 6.45. The predicted octanol–water partition coefficient (Wildman–Crippen LogP) is 3.51. The lowest BCUT2D eigenvalue weighted by Gasteiger charge is -2.30. The molecule has 1 aliphatic rings. The number of methoxy groups -OCH3 is 2. The average molecular weight is 479 g/mol. The van der Waals surface area contributed by atoms with Crippen molar-refractivity contribution in [3.05, 3.63) is 59.0 Å². The van der Waals surface area contributed by atoms with E-state index in [0.29, 0.717) is 54.7 Å². The molecule has 1 aromatic heterocycles.